The van der Waals surface area contributed by atoms with Gasteiger partial charge in [0.25, 0.3) is 10.0 Å². The van der Waals surface area contributed by atoms with E-state index in [2.05, 4.69) is 14.9 Å². The van der Waals surface area contributed by atoms with Crippen LogP contribution >= 0.6 is 0 Å². The normalized spacial score (nSPS) is 15.1. The molecule has 0 aliphatic heterocycles. The number of aliphatic hydroxyl groups is 1. The third-order valence-corrected chi connectivity index (χ3v) is 4.38. The molecule has 7 heteroatoms. The Balaban J connectivity index is 2.35. The first-order chi connectivity index (χ1) is 8.98. The molecule has 1 heterocycles. The summed E-state index contributed by atoms with van der Waals surface area (Å²) in [6.07, 6.45) is 1.35. The maximum Gasteiger partial charge on any atom is 0.258 e. The van der Waals surface area contributed by atoms with Crippen LogP contribution in [0.2, 0.25) is 0 Å². The van der Waals surface area contributed by atoms with Crippen LogP contribution in [0.25, 0.3) is 0 Å². The molecule has 2 rings (SSSR count). The van der Waals surface area contributed by atoms with Crippen molar-refractivity contribution in [2.75, 3.05) is 6.61 Å². The third-order valence-electron chi connectivity index (χ3n) is 2.85. The second-order valence-electron chi connectivity index (χ2n) is 4.38. The fourth-order valence-corrected chi connectivity index (χ4v) is 3.03. The minimum Gasteiger partial charge on any atom is -0.394 e. The van der Waals surface area contributed by atoms with Gasteiger partial charge in [0.2, 0.25) is 0 Å². The van der Waals surface area contributed by atoms with Gasteiger partial charge in [0.15, 0.2) is 5.03 Å². The highest BCUT2D eigenvalue weighted by atomic mass is 32.2. The van der Waals surface area contributed by atoms with Crippen molar-refractivity contribution >= 4 is 10.0 Å². The van der Waals surface area contributed by atoms with E-state index in [1.54, 1.807) is 31.2 Å². The van der Waals surface area contributed by atoms with E-state index in [-0.39, 0.29) is 11.6 Å². The summed E-state index contributed by atoms with van der Waals surface area (Å²) >= 11 is 0. The summed E-state index contributed by atoms with van der Waals surface area (Å²) < 4.78 is 26.8. The highest BCUT2D eigenvalue weighted by Crippen LogP contribution is 2.22. The molecule has 0 amide bonds. The molecule has 19 heavy (non-hydrogen) atoms. The van der Waals surface area contributed by atoms with Crippen LogP contribution in [0.1, 0.15) is 12.5 Å². The van der Waals surface area contributed by atoms with Crippen molar-refractivity contribution in [3.05, 3.63) is 48.2 Å². The molecule has 2 aromatic rings. The molecule has 0 radical (unpaired) electrons. The minimum atomic E-state index is -3.76. The van der Waals surface area contributed by atoms with Crippen molar-refractivity contribution in [2.24, 2.45) is 0 Å². The van der Waals surface area contributed by atoms with Crippen LogP contribution in [-0.4, -0.2) is 30.3 Å². The predicted molar refractivity (Wildman–Crippen MR) is 69.8 cm³/mol. The van der Waals surface area contributed by atoms with Gasteiger partial charge >= 0.3 is 0 Å². The Morgan fingerprint density at radius 3 is 2.53 bits per heavy atom. The van der Waals surface area contributed by atoms with E-state index in [1.165, 1.54) is 12.3 Å². The largest absolute Gasteiger partial charge is 0.394 e. The van der Waals surface area contributed by atoms with Crippen LogP contribution in [0.3, 0.4) is 0 Å². The van der Waals surface area contributed by atoms with Crippen molar-refractivity contribution in [3.63, 3.8) is 0 Å². The quantitative estimate of drug-likeness (QED) is 0.747. The first-order valence-corrected chi connectivity index (χ1v) is 7.16. The SMILES string of the molecule is CC(CO)(NS(=O)(=O)c1ccn[nH]1)c1ccccc1. The standard InChI is InChI=1S/C12H15N3O3S/c1-12(9-16,10-5-3-2-4-6-10)15-19(17,18)11-7-8-13-14-11/h2-8,15-16H,9H2,1H3,(H,13,14). The molecule has 1 aromatic heterocycles. The Labute approximate surface area is 111 Å². The van der Waals surface area contributed by atoms with Gasteiger partial charge in [-0.05, 0) is 18.6 Å². The summed E-state index contributed by atoms with van der Waals surface area (Å²) in [5.74, 6) is 0. The van der Waals surface area contributed by atoms with Gasteiger partial charge in [0.05, 0.1) is 18.3 Å². The summed E-state index contributed by atoms with van der Waals surface area (Å²) in [6.45, 7) is 1.26. The summed E-state index contributed by atoms with van der Waals surface area (Å²) in [7, 11) is -3.76. The molecule has 3 N–H and O–H groups in total. The van der Waals surface area contributed by atoms with Crippen LogP contribution in [0.5, 0.6) is 0 Å². The second kappa shape index (κ2) is 5.12. The summed E-state index contributed by atoms with van der Waals surface area (Å²) in [5, 5.41) is 15.5. The lowest BCUT2D eigenvalue weighted by Gasteiger charge is -2.28. The smallest absolute Gasteiger partial charge is 0.258 e. The van der Waals surface area contributed by atoms with E-state index in [4.69, 9.17) is 0 Å². The summed E-state index contributed by atoms with van der Waals surface area (Å²) in [4.78, 5) is 0. The number of aromatic amines is 1. The number of hydrogen-bond acceptors (Lipinski definition) is 4. The highest BCUT2D eigenvalue weighted by Gasteiger charge is 2.32. The average molecular weight is 281 g/mol. The molecule has 6 nitrogen and oxygen atoms in total. The van der Waals surface area contributed by atoms with Crippen molar-refractivity contribution in [2.45, 2.75) is 17.5 Å². The number of rotatable bonds is 5. The Morgan fingerprint density at radius 2 is 2.00 bits per heavy atom. The molecule has 0 saturated carbocycles. The zero-order chi connectivity index (χ0) is 13.9. The molecule has 0 fully saturated rings. The zero-order valence-corrected chi connectivity index (χ0v) is 11.2. The lowest BCUT2D eigenvalue weighted by molar-refractivity contribution is 0.196. The molecule has 1 atom stereocenters. The topological polar surface area (TPSA) is 95.1 Å². The van der Waals surface area contributed by atoms with E-state index < -0.39 is 15.6 Å². The van der Waals surface area contributed by atoms with Crippen molar-refractivity contribution in [3.8, 4) is 0 Å². The van der Waals surface area contributed by atoms with Crippen LogP contribution in [0.15, 0.2) is 47.6 Å². The second-order valence-corrected chi connectivity index (χ2v) is 6.03. The number of H-pyrrole nitrogens is 1. The van der Waals surface area contributed by atoms with Gasteiger partial charge in [-0.3, -0.25) is 5.10 Å². The first kappa shape index (κ1) is 13.7. The van der Waals surface area contributed by atoms with Crippen LogP contribution in [-0.2, 0) is 15.6 Å². The molecule has 0 bridgehead atoms. The predicted octanol–water partition coefficient (Wildman–Crippen LogP) is 0.596. The molecule has 102 valence electrons. The van der Waals surface area contributed by atoms with Gasteiger partial charge in [-0.1, -0.05) is 30.3 Å². The monoisotopic (exact) mass is 281 g/mol. The van der Waals surface area contributed by atoms with Crippen LogP contribution < -0.4 is 4.72 Å². The van der Waals surface area contributed by atoms with E-state index in [9.17, 15) is 13.5 Å². The number of aromatic nitrogens is 2. The average Bonchev–Trinajstić information content (AvgIpc) is 2.94. The molecular formula is C12H15N3O3S. The number of aliphatic hydroxyl groups excluding tert-OH is 1. The van der Waals surface area contributed by atoms with Gasteiger partial charge < -0.3 is 5.11 Å². The van der Waals surface area contributed by atoms with E-state index in [0.717, 1.165) is 0 Å². The molecule has 1 unspecified atom stereocenters. The maximum absolute atomic E-state index is 12.1. The van der Waals surface area contributed by atoms with Crippen molar-refractivity contribution < 1.29 is 13.5 Å². The van der Waals surface area contributed by atoms with Gasteiger partial charge in [-0.25, -0.2) is 8.42 Å². The number of nitrogens with one attached hydrogen (secondary N) is 2. The van der Waals surface area contributed by atoms with Crippen molar-refractivity contribution in [1.82, 2.24) is 14.9 Å². The first-order valence-electron chi connectivity index (χ1n) is 5.68. The lowest BCUT2D eigenvalue weighted by Crippen LogP contribution is -2.46. The fraction of sp³-hybridized carbons (Fsp3) is 0.250. The third kappa shape index (κ3) is 2.83. The highest BCUT2D eigenvalue weighted by molar-refractivity contribution is 7.89. The molecule has 0 spiro atoms. The molecule has 0 saturated heterocycles. The van der Waals surface area contributed by atoms with E-state index in [0.29, 0.717) is 5.56 Å². The van der Waals surface area contributed by atoms with Gasteiger partial charge in [0, 0.05) is 0 Å². The van der Waals surface area contributed by atoms with E-state index in [1.807, 2.05) is 6.07 Å². The lowest BCUT2D eigenvalue weighted by atomic mass is 9.94. The molecule has 1 aromatic carbocycles. The Bertz CT molecular complexity index is 626. The summed E-state index contributed by atoms with van der Waals surface area (Å²) in [5.41, 5.74) is -0.411. The minimum absolute atomic E-state index is 0.0388. The van der Waals surface area contributed by atoms with Gasteiger partial charge in [0.1, 0.15) is 0 Å². The van der Waals surface area contributed by atoms with Gasteiger partial charge in [-0.2, -0.15) is 9.82 Å². The molecular weight excluding hydrogens is 266 g/mol. The van der Waals surface area contributed by atoms with E-state index >= 15 is 0 Å². The Hall–Kier alpha value is -1.70. The number of hydrogen-bond donors (Lipinski definition) is 3. The van der Waals surface area contributed by atoms with Gasteiger partial charge in [-0.15, -0.1) is 0 Å². The molecule has 0 aliphatic carbocycles. The number of sulfonamides is 1. The zero-order valence-electron chi connectivity index (χ0n) is 10.4. The van der Waals surface area contributed by atoms with Crippen LogP contribution in [0, 0.1) is 0 Å². The number of benzene rings is 1. The Morgan fingerprint density at radius 1 is 1.32 bits per heavy atom. The maximum atomic E-state index is 12.1. The Kier molecular flexibility index (Phi) is 3.70. The van der Waals surface area contributed by atoms with Crippen molar-refractivity contribution in [1.29, 1.82) is 0 Å². The number of nitrogens with zero attached hydrogens (tertiary/aromatic N) is 1. The molecule has 0 aliphatic rings. The fourth-order valence-electron chi connectivity index (χ4n) is 1.73. The summed E-state index contributed by atoms with van der Waals surface area (Å²) in [6, 6.07) is 10.3. The van der Waals surface area contributed by atoms with Crippen LogP contribution in [0.4, 0.5) is 0 Å².